The van der Waals surface area contributed by atoms with Crippen molar-refractivity contribution in [2.24, 2.45) is 5.41 Å². The predicted molar refractivity (Wildman–Crippen MR) is 88.5 cm³/mol. The molecule has 1 unspecified atom stereocenters. The highest BCUT2D eigenvalue weighted by Crippen LogP contribution is 2.35. The molecule has 1 atom stereocenters. The molecule has 0 heterocycles. The van der Waals surface area contributed by atoms with Crippen LogP contribution < -0.4 is 10.0 Å². The molecule has 0 aromatic carbocycles. The van der Waals surface area contributed by atoms with Gasteiger partial charge in [-0.2, -0.15) is 17.4 Å². The second-order valence-electron chi connectivity index (χ2n) is 6.83. The number of nitrogens with zero attached hydrogens (tertiary/aromatic N) is 1. The van der Waals surface area contributed by atoms with E-state index in [1.54, 1.807) is 7.05 Å². The standard InChI is InChI=1S/C15H33N3O2S/c1-5-11-16-12-8-13-18(4)21(19,20)17-14-9-6-7-10-15(14,2)3/h14,16-17H,5-13H2,1-4H3. The van der Waals surface area contributed by atoms with E-state index >= 15 is 0 Å². The minimum absolute atomic E-state index is 0.0504. The van der Waals surface area contributed by atoms with Gasteiger partial charge in [0.25, 0.3) is 10.2 Å². The Labute approximate surface area is 131 Å². The quantitative estimate of drug-likeness (QED) is 0.640. The van der Waals surface area contributed by atoms with Crippen LogP contribution in [0.4, 0.5) is 0 Å². The molecule has 0 radical (unpaired) electrons. The maximum atomic E-state index is 12.4. The van der Waals surface area contributed by atoms with Crippen molar-refractivity contribution in [3.8, 4) is 0 Å². The SMILES string of the molecule is CCCNCCCN(C)S(=O)(=O)NC1CCCCC1(C)C. The van der Waals surface area contributed by atoms with E-state index in [9.17, 15) is 8.42 Å². The fraction of sp³-hybridized carbons (Fsp3) is 1.00. The molecule has 1 rings (SSSR count). The molecule has 1 fully saturated rings. The normalized spacial score (nSPS) is 22.6. The summed E-state index contributed by atoms with van der Waals surface area (Å²) in [6.45, 7) is 8.86. The van der Waals surface area contributed by atoms with Gasteiger partial charge in [0.2, 0.25) is 0 Å². The molecule has 0 aromatic heterocycles. The van der Waals surface area contributed by atoms with Crippen LogP contribution in [0.15, 0.2) is 0 Å². The number of rotatable bonds is 9. The molecule has 6 heteroatoms. The van der Waals surface area contributed by atoms with E-state index < -0.39 is 10.2 Å². The predicted octanol–water partition coefficient (Wildman–Crippen LogP) is 2.11. The zero-order valence-corrected chi connectivity index (χ0v) is 14.9. The highest BCUT2D eigenvalue weighted by atomic mass is 32.2. The second-order valence-corrected chi connectivity index (χ2v) is 8.64. The molecule has 1 aliphatic carbocycles. The van der Waals surface area contributed by atoms with Crippen LogP contribution in [0, 0.1) is 5.41 Å². The minimum atomic E-state index is -3.37. The summed E-state index contributed by atoms with van der Waals surface area (Å²) in [5.41, 5.74) is 0.0504. The van der Waals surface area contributed by atoms with Crippen molar-refractivity contribution in [1.29, 1.82) is 0 Å². The van der Waals surface area contributed by atoms with Crippen LogP contribution in [0.5, 0.6) is 0 Å². The minimum Gasteiger partial charge on any atom is -0.317 e. The van der Waals surface area contributed by atoms with E-state index in [-0.39, 0.29) is 11.5 Å². The largest absolute Gasteiger partial charge is 0.317 e. The fourth-order valence-electron chi connectivity index (χ4n) is 2.83. The Balaban J connectivity index is 2.44. The Morgan fingerprint density at radius 1 is 1.24 bits per heavy atom. The maximum absolute atomic E-state index is 12.4. The Morgan fingerprint density at radius 2 is 1.95 bits per heavy atom. The molecule has 0 spiro atoms. The molecule has 1 saturated carbocycles. The van der Waals surface area contributed by atoms with E-state index in [1.807, 2.05) is 0 Å². The lowest BCUT2D eigenvalue weighted by Crippen LogP contribution is -2.51. The lowest BCUT2D eigenvalue weighted by Gasteiger charge is -2.39. The summed E-state index contributed by atoms with van der Waals surface area (Å²) in [6.07, 6.45) is 6.28. The summed E-state index contributed by atoms with van der Waals surface area (Å²) in [5, 5.41) is 3.29. The molecular weight excluding hydrogens is 286 g/mol. The lowest BCUT2D eigenvalue weighted by atomic mass is 9.74. The lowest BCUT2D eigenvalue weighted by molar-refractivity contribution is 0.186. The number of hydrogen-bond donors (Lipinski definition) is 2. The number of nitrogens with one attached hydrogen (secondary N) is 2. The van der Waals surface area contributed by atoms with E-state index in [2.05, 4.69) is 30.8 Å². The summed E-state index contributed by atoms with van der Waals surface area (Å²) in [7, 11) is -1.70. The van der Waals surface area contributed by atoms with Gasteiger partial charge >= 0.3 is 0 Å². The van der Waals surface area contributed by atoms with Crippen LogP contribution in [0.2, 0.25) is 0 Å². The first-order valence-corrected chi connectivity index (χ1v) is 9.68. The van der Waals surface area contributed by atoms with E-state index in [1.165, 1.54) is 10.7 Å². The van der Waals surface area contributed by atoms with Gasteiger partial charge in [0.15, 0.2) is 0 Å². The van der Waals surface area contributed by atoms with E-state index in [4.69, 9.17) is 0 Å². The van der Waals surface area contributed by atoms with Crippen LogP contribution >= 0.6 is 0 Å². The maximum Gasteiger partial charge on any atom is 0.279 e. The molecule has 21 heavy (non-hydrogen) atoms. The average molecular weight is 320 g/mol. The zero-order valence-electron chi connectivity index (χ0n) is 14.1. The Hall–Kier alpha value is -0.170. The van der Waals surface area contributed by atoms with Crippen molar-refractivity contribution >= 4 is 10.2 Å². The van der Waals surface area contributed by atoms with Gasteiger partial charge < -0.3 is 5.32 Å². The van der Waals surface area contributed by atoms with Gasteiger partial charge in [0.05, 0.1) is 0 Å². The third-order valence-electron chi connectivity index (χ3n) is 4.46. The Bertz CT molecular complexity index is 396. The highest BCUT2D eigenvalue weighted by Gasteiger charge is 2.35. The first kappa shape index (κ1) is 18.9. The summed E-state index contributed by atoms with van der Waals surface area (Å²) >= 11 is 0. The van der Waals surface area contributed by atoms with Crippen molar-refractivity contribution < 1.29 is 8.42 Å². The number of hydrogen-bond acceptors (Lipinski definition) is 3. The van der Waals surface area contributed by atoms with Crippen LogP contribution in [-0.4, -0.2) is 45.4 Å². The van der Waals surface area contributed by atoms with Gasteiger partial charge in [0.1, 0.15) is 0 Å². The van der Waals surface area contributed by atoms with Gasteiger partial charge in [-0.05, 0) is 44.2 Å². The molecule has 5 nitrogen and oxygen atoms in total. The third-order valence-corrected chi connectivity index (χ3v) is 6.05. The van der Waals surface area contributed by atoms with Crippen molar-refractivity contribution in [1.82, 2.24) is 14.3 Å². The molecule has 0 aromatic rings. The van der Waals surface area contributed by atoms with Gasteiger partial charge in [0, 0.05) is 19.6 Å². The van der Waals surface area contributed by atoms with Gasteiger partial charge in [-0.1, -0.05) is 33.6 Å². The highest BCUT2D eigenvalue weighted by molar-refractivity contribution is 7.87. The molecule has 0 amide bonds. The first-order chi connectivity index (χ1) is 9.79. The van der Waals surface area contributed by atoms with Gasteiger partial charge in [-0.25, -0.2) is 0 Å². The summed E-state index contributed by atoms with van der Waals surface area (Å²) < 4.78 is 29.2. The fourth-order valence-corrected chi connectivity index (χ4v) is 4.18. The summed E-state index contributed by atoms with van der Waals surface area (Å²) in [5.74, 6) is 0. The van der Waals surface area contributed by atoms with E-state index in [0.29, 0.717) is 6.54 Å². The molecule has 0 saturated heterocycles. The average Bonchev–Trinajstić information content (AvgIpc) is 2.40. The second kappa shape index (κ2) is 8.46. The smallest absolute Gasteiger partial charge is 0.279 e. The molecule has 0 aliphatic heterocycles. The van der Waals surface area contributed by atoms with Crippen molar-refractivity contribution in [3.05, 3.63) is 0 Å². The van der Waals surface area contributed by atoms with Crippen molar-refractivity contribution in [2.75, 3.05) is 26.7 Å². The van der Waals surface area contributed by atoms with E-state index in [0.717, 1.165) is 45.2 Å². The molecule has 2 N–H and O–H groups in total. The molecule has 126 valence electrons. The molecule has 1 aliphatic rings. The summed E-state index contributed by atoms with van der Waals surface area (Å²) in [4.78, 5) is 0. The van der Waals surface area contributed by atoms with Crippen LogP contribution in [0.3, 0.4) is 0 Å². The Morgan fingerprint density at radius 3 is 2.57 bits per heavy atom. The van der Waals surface area contributed by atoms with Crippen LogP contribution in [0.1, 0.15) is 59.3 Å². The van der Waals surface area contributed by atoms with Gasteiger partial charge in [-0.3, -0.25) is 0 Å². The zero-order chi connectivity index (χ0) is 15.9. The first-order valence-electron chi connectivity index (χ1n) is 8.24. The topological polar surface area (TPSA) is 61.4 Å². The third kappa shape index (κ3) is 6.22. The van der Waals surface area contributed by atoms with Crippen LogP contribution in [-0.2, 0) is 10.2 Å². The van der Waals surface area contributed by atoms with Crippen LogP contribution in [0.25, 0.3) is 0 Å². The molecule has 0 bridgehead atoms. The summed E-state index contributed by atoms with van der Waals surface area (Å²) in [6, 6.07) is 0.0527. The monoisotopic (exact) mass is 319 g/mol. The molecular formula is C15H33N3O2S. The Kier molecular flexibility index (Phi) is 7.60. The van der Waals surface area contributed by atoms with Crippen molar-refractivity contribution in [2.45, 2.75) is 65.3 Å². The van der Waals surface area contributed by atoms with Crippen molar-refractivity contribution in [3.63, 3.8) is 0 Å². The van der Waals surface area contributed by atoms with Gasteiger partial charge in [-0.15, -0.1) is 0 Å².